The molecule has 1 aliphatic rings. The summed E-state index contributed by atoms with van der Waals surface area (Å²) in [6, 6.07) is 7.51. The number of nitrogens with zero attached hydrogens (tertiary/aromatic N) is 5. The summed E-state index contributed by atoms with van der Waals surface area (Å²) in [5, 5.41) is 7.12. The van der Waals surface area contributed by atoms with E-state index >= 15 is 0 Å². The molecule has 0 bridgehead atoms. The van der Waals surface area contributed by atoms with Crippen LogP contribution in [-0.2, 0) is 11.3 Å². The van der Waals surface area contributed by atoms with Crippen LogP contribution in [0.4, 0.5) is 4.79 Å². The van der Waals surface area contributed by atoms with E-state index in [1.165, 1.54) is 0 Å². The van der Waals surface area contributed by atoms with E-state index in [1.807, 2.05) is 49.9 Å². The van der Waals surface area contributed by atoms with Crippen molar-refractivity contribution in [3.63, 3.8) is 0 Å². The number of nitrogens with one attached hydrogen (secondary N) is 1. The van der Waals surface area contributed by atoms with Gasteiger partial charge in [0.2, 0.25) is 0 Å². The topological polar surface area (TPSA) is 122 Å². The average molecular weight is 415 g/mol. The number of ether oxygens (including phenoxy) is 2. The summed E-state index contributed by atoms with van der Waals surface area (Å²) >= 11 is 0. The SMILES string of the molecule is COc1ccc(-c2n[nH]c(CN=C(N)N3CCN(C(=O)OC(C)(C)C)CC3)n2)cc1. The van der Waals surface area contributed by atoms with Gasteiger partial charge in [0.15, 0.2) is 11.8 Å². The van der Waals surface area contributed by atoms with Crippen LogP contribution in [0.2, 0.25) is 0 Å². The number of piperazine rings is 1. The summed E-state index contributed by atoms with van der Waals surface area (Å²) in [6.07, 6.45) is -0.301. The lowest BCUT2D eigenvalue weighted by Crippen LogP contribution is -2.53. The van der Waals surface area contributed by atoms with Crippen LogP contribution >= 0.6 is 0 Å². The zero-order chi connectivity index (χ0) is 21.7. The Morgan fingerprint density at radius 2 is 1.80 bits per heavy atom. The summed E-state index contributed by atoms with van der Waals surface area (Å²) in [5.41, 5.74) is 6.51. The van der Waals surface area contributed by atoms with Gasteiger partial charge in [-0.1, -0.05) is 0 Å². The zero-order valence-electron chi connectivity index (χ0n) is 17.9. The van der Waals surface area contributed by atoms with Crippen LogP contribution in [-0.4, -0.2) is 75.9 Å². The van der Waals surface area contributed by atoms with E-state index in [4.69, 9.17) is 15.2 Å². The molecule has 1 aromatic heterocycles. The number of aromatic nitrogens is 3. The smallest absolute Gasteiger partial charge is 0.410 e. The molecule has 30 heavy (non-hydrogen) atoms. The number of aliphatic imine (C=N–C) groups is 1. The molecule has 10 nitrogen and oxygen atoms in total. The van der Waals surface area contributed by atoms with E-state index in [0.717, 1.165) is 11.3 Å². The van der Waals surface area contributed by atoms with Crippen molar-refractivity contribution in [2.24, 2.45) is 10.7 Å². The Hall–Kier alpha value is -3.30. The molecule has 1 aromatic carbocycles. The molecule has 1 amide bonds. The van der Waals surface area contributed by atoms with Gasteiger partial charge in [-0.15, -0.1) is 0 Å². The van der Waals surface area contributed by atoms with Gasteiger partial charge >= 0.3 is 6.09 Å². The van der Waals surface area contributed by atoms with Crippen molar-refractivity contribution in [3.05, 3.63) is 30.1 Å². The lowest BCUT2D eigenvalue weighted by Gasteiger charge is -2.36. The first-order valence-corrected chi connectivity index (χ1v) is 9.83. The number of hydrogen-bond donors (Lipinski definition) is 2. The van der Waals surface area contributed by atoms with Gasteiger partial charge in [0.1, 0.15) is 23.7 Å². The first-order valence-electron chi connectivity index (χ1n) is 9.83. The van der Waals surface area contributed by atoms with Gasteiger partial charge in [-0.05, 0) is 45.0 Å². The molecule has 3 rings (SSSR count). The van der Waals surface area contributed by atoms with Gasteiger partial charge in [0, 0.05) is 31.7 Å². The maximum atomic E-state index is 12.2. The van der Waals surface area contributed by atoms with Crippen LogP contribution in [0, 0.1) is 0 Å². The fraction of sp³-hybridized carbons (Fsp3) is 0.500. The Kier molecular flexibility index (Phi) is 6.43. The van der Waals surface area contributed by atoms with E-state index in [9.17, 15) is 4.79 Å². The Labute approximate surface area is 176 Å². The van der Waals surface area contributed by atoms with Gasteiger partial charge in [-0.2, -0.15) is 5.10 Å². The van der Waals surface area contributed by atoms with Crippen LogP contribution in [0.25, 0.3) is 11.4 Å². The molecular weight excluding hydrogens is 386 g/mol. The maximum Gasteiger partial charge on any atom is 0.410 e. The molecular formula is C20H29N7O3. The van der Waals surface area contributed by atoms with Gasteiger partial charge in [0.25, 0.3) is 0 Å². The van der Waals surface area contributed by atoms with Crippen LogP contribution in [0.1, 0.15) is 26.6 Å². The Morgan fingerprint density at radius 1 is 1.17 bits per heavy atom. The van der Waals surface area contributed by atoms with Crippen LogP contribution in [0.15, 0.2) is 29.3 Å². The number of nitrogens with two attached hydrogens (primary N) is 1. The van der Waals surface area contributed by atoms with Gasteiger partial charge in [-0.3, -0.25) is 5.10 Å². The average Bonchev–Trinajstić information content (AvgIpc) is 3.20. The number of aromatic amines is 1. The molecule has 0 aliphatic carbocycles. The second kappa shape index (κ2) is 9.02. The number of rotatable bonds is 4. The lowest BCUT2D eigenvalue weighted by molar-refractivity contribution is 0.0186. The minimum atomic E-state index is -0.504. The molecule has 0 atom stereocenters. The predicted molar refractivity (Wildman–Crippen MR) is 113 cm³/mol. The number of carbonyl (C=O) groups excluding carboxylic acids is 1. The van der Waals surface area contributed by atoms with Crippen molar-refractivity contribution >= 4 is 12.1 Å². The number of carbonyl (C=O) groups is 1. The first-order chi connectivity index (χ1) is 14.2. The van der Waals surface area contributed by atoms with Crippen molar-refractivity contribution in [1.82, 2.24) is 25.0 Å². The Morgan fingerprint density at radius 3 is 2.40 bits per heavy atom. The highest BCUT2D eigenvalue weighted by molar-refractivity contribution is 5.78. The molecule has 1 aliphatic heterocycles. The summed E-state index contributed by atoms with van der Waals surface area (Å²) in [6.45, 7) is 8.13. The van der Waals surface area contributed by atoms with Crippen LogP contribution in [0.3, 0.4) is 0 Å². The predicted octanol–water partition coefficient (Wildman–Crippen LogP) is 1.85. The monoisotopic (exact) mass is 415 g/mol. The standard InChI is InChI=1S/C20H29N7O3/c1-20(2,3)30-19(28)27-11-9-26(10-12-27)18(21)22-13-16-23-17(25-24-16)14-5-7-15(29-4)8-6-14/h5-8H,9-13H2,1-4H3,(H2,21,22)(H,23,24,25). The highest BCUT2D eigenvalue weighted by Crippen LogP contribution is 2.19. The summed E-state index contributed by atoms with van der Waals surface area (Å²) in [4.78, 5) is 24.7. The zero-order valence-corrected chi connectivity index (χ0v) is 17.9. The maximum absolute atomic E-state index is 12.2. The second-order valence-electron chi connectivity index (χ2n) is 7.96. The van der Waals surface area contributed by atoms with E-state index in [2.05, 4.69) is 20.2 Å². The fourth-order valence-electron chi connectivity index (χ4n) is 2.94. The summed E-state index contributed by atoms with van der Waals surface area (Å²) in [5.74, 6) is 2.41. The number of amides is 1. The second-order valence-corrected chi connectivity index (χ2v) is 7.96. The third-order valence-electron chi connectivity index (χ3n) is 4.53. The molecule has 0 radical (unpaired) electrons. The van der Waals surface area contributed by atoms with Crippen LogP contribution in [0.5, 0.6) is 5.75 Å². The lowest BCUT2D eigenvalue weighted by atomic mass is 10.2. The number of guanidine groups is 1. The number of benzene rings is 1. The van der Waals surface area contributed by atoms with Crippen molar-refractivity contribution < 1.29 is 14.3 Å². The highest BCUT2D eigenvalue weighted by Gasteiger charge is 2.26. The normalized spacial score (nSPS) is 15.3. The number of methoxy groups -OCH3 is 1. The van der Waals surface area contributed by atoms with Crippen molar-refractivity contribution in [1.29, 1.82) is 0 Å². The van der Waals surface area contributed by atoms with Gasteiger partial charge in [0.05, 0.1) is 7.11 Å². The Balaban J connectivity index is 1.52. The number of hydrogen-bond acceptors (Lipinski definition) is 6. The molecule has 10 heteroatoms. The minimum absolute atomic E-state index is 0.293. The van der Waals surface area contributed by atoms with Gasteiger partial charge < -0.3 is 25.0 Å². The van der Waals surface area contributed by atoms with Crippen molar-refractivity contribution in [2.75, 3.05) is 33.3 Å². The molecule has 1 saturated heterocycles. The molecule has 0 spiro atoms. The van der Waals surface area contributed by atoms with Crippen molar-refractivity contribution in [2.45, 2.75) is 32.9 Å². The van der Waals surface area contributed by atoms with Crippen molar-refractivity contribution in [3.8, 4) is 17.1 Å². The van der Waals surface area contributed by atoms with E-state index in [0.29, 0.717) is 50.3 Å². The molecule has 1 fully saturated rings. The highest BCUT2D eigenvalue weighted by atomic mass is 16.6. The van der Waals surface area contributed by atoms with E-state index in [1.54, 1.807) is 12.0 Å². The molecule has 2 heterocycles. The van der Waals surface area contributed by atoms with Gasteiger partial charge in [-0.25, -0.2) is 14.8 Å². The molecule has 0 unspecified atom stereocenters. The fourth-order valence-corrected chi connectivity index (χ4v) is 2.94. The summed E-state index contributed by atoms with van der Waals surface area (Å²) in [7, 11) is 1.62. The molecule has 162 valence electrons. The largest absolute Gasteiger partial charge is 0.497 e. The first kappa shape index (κ1) is 21.4. The Bertz CT molecular complexity index is 879. The summed E-state index contributed by atoms with van der Waals surface area (Å²) < 4.78 is 10.6. The van der Waals surface area contributed by atoms with Crippen LogP contribution < -0.4 is 10.5 Å². The third kappa shape index (κ3) is 5.62. The van der Waals surface area contributed by atoms with E-state index in [-0.39, 0.29) is 6.09 Å². The molecule has 2 aromatic rings. The van der Waals surface area contributed by atoms with E-state index < -0.39 is 5.60 Å². The minimum Gasteiger partial charge on any atom is -0.497 e. The molecule has 0 saturated carbocycles. The number of H-pyrrole nitrogens is 1. The molecule has 3 N–H and O–H groups in total. The third-order valence-corrected chi connectivity index (χ3v) is 4.53. The quantitative estimate of drug-likeness (QED) is 0.577.